The van der Waals surface area contributed by atoms with Gasteiger partial charge < -0.3 is 14.8 Å². The van der Waals surface area contributed by atoms with Crippen molar-refractivity contribution in [3.63, 3.8) is 0 Å². The predicted octanol–water partition coefficient (Wildman–Crippen LogP) is -2.99. The monoisotopic (exact) mass is 322 g/mol. The van der Waals surface area contributed by atoms with Gasteiger partial charge in [-0.05, 0) is 12.1 Å². The van der Waals surface area contributed by atoms with Crippen molar-refractivity contribution in [3.05, 3.63) is 18.2 Å². The molecule has 0 fully saturated rings. The average Bonchev–Trinajstić information content (AvgIpc) is 1.92. The molecule has 0 saturated heterocycles. The molecule has 0 unspecified atom stereocenters. The molecule has 13 heavy (non-hydrogen) atoms. The number of hydrogen-bond donors (Lipinski definition) is 2. The van der Waals surface area contributed by atoms with E-state index in [1.807, 2.05) is 0 Å². The van der Waals surface area contributed by atoms with Crippen molar-refractivity contribution in [2.45, 2.75) is 4.90 Å². The molecule has 1 rings (SSSR count). The summed E-state index contributed by atoms with van der Waals surface area (Å²) >= 11 is 0. The molecule has 5 nitrogen and oxygen atoms in total. The van der Waals surface area contributed by atoms with Crippen LogP contribution in [-0.4, -0.2) is 23.2 Å². The smallest absolute Gasteiger partial charge is 0.744 e. The van der Waals surface area contributed by atoms with Crippen molar-refractivity contribution in [1.82, 2.24) is 0 Å². The van der Waals surface area contributed by atoms with Crippen molar-refractivity contribution in [3.8, 4) is 11.5 Å². The Morgan fingerprint density at radius 1 is 1.23 bits per heavy atom. The van der Waals surface area contributed by atoms with Crippen LogP contribution in [0.3, 0.4) is 0 Å². The Morgan fingerprint density at radius 3 is 2.15 bits per heavy atom. The zero-order valence-corrected chi connectivity index (χ0v) is 13.9. The van der Waals surface area contributed by atoms with E-state index in [9.17, 15) is 13.0 Å². The Labute approximate surface area is 134 Å². The predicted molar refractivity (Wildman–Crippen MR) is 37.7 cm³/mol. The molecule has 0 spiro atoms. The summed E-state index contributed by atoms with van der Waals surface area (Å²) in [6, 6.07) is 2.70. The topological polar surface area (TPSA) is 97.7 Å². The maximum absolute atomic E-state index is 10.4. The van der Waals surface area contributed by atoms with Gasteiger partial charge in [-0.25, -0.2) is 8.42 Å². The fourth-order valence-electron chi connectivity index (χ4n) is 0.703. The summed E-state index contributed by atoms with van der Waals surface area (Å²) in [6.45, 7) is 0. The zero-order chi connectivity index (χ0) is 9.35. The summed E-state index contributed by atoms with van der Waals surface area (Å²) in [4.78, 5) is -0.817. The van der Waals surface area contributed by atoms with Gasteiger partial charge in [-0.15, -0.1) is 0 Å². The van der Waals surface area contributed by atoms with E-state index >= 15 is 0 Å². The third-order valence-corrected chi connectivity index (χ3v) is 2.08. The summed E-state index contributed by atoms with van der Waals surface area (Å²) in [5.74, 6) is -1.05. The second kappa shape index (κ2) is 5.03. The average molecular weight is 322 g/mol. The first-order valence-corrected chi connectivity index (χ1v) is 4.30. The Balaban J connectivity index is 0.00000144. The first kappa shape index (κ1) is 13.8. The standard InChI is InChI=1S/C6H6O5S.Cs/c7-4-1-2-5(8)6(3-4)12(9,10)11;/h1-3,7-8H,(H,9,10,11);/q;+1/p-1. The summed E-state index contributed by atoms with van der Waals surface area (Å²) < 4.78 is 31.1. The molecule has 0 atom stereocenters. The largest absolute Gasteiger partial charge is 1.00 e. The molecule has 66 valence electrons. The third kappa shape index (κ3) is 3.80. The maximum Gasteiger partial charge on any atom is 1.00 e. The molecule has 7 heteroatoms. The van der Waals surface area contributed by atoms with Gasteiger partial charge in [0.15, 0.2) is 0 Å². The van der Waals surface area contributed by atoms with Gasteiger partial charge in [0.05, 0.1) is 4.90 Å². The third-order valence-electron chi connectivity index (χ3n) is 1.21. The van der Waals surface area contributed by atoms with Crippen LogP contribution in [-0.2, 0) is 10.1 Å². The van der Waals surface area contributed by atoms with E-state index in [4.69, 9.17) is 10.2 Å². The molecular weight excluding hydrogens is 317 g/mol. The van der Waals surface area contributed by atoms with E-state index in [-0.39, 0.29) is 74.6 Å². The van der Waals surface area contributed by atoms with Gasteiger partial charge in [-0.1, -0.05) is 0 Å². The van der Waals surface area contributed by atoms with Crippen molar-refractivity contribution in [2.75, 3.05) is 0 Å². The van der Waals surface area contributed by atoms with Crippen LogP contribution >= 0.6 is 0 Å². The summed E-state index contributed by atoms with van der Waals surface area (Å²) in [6.07, 6.45) is 0. The molecule has 0 aliphatic carbocycles. The molecule has 0 bridgehead atoms. The van der Waals surface area contributed by atoms with Crippen molar-refractivity contribution in [1.29, 1.82) is 0 Å². The van der Waals surface area contributed by atoms with Crippen LogP contribution in [0.4, 0.5) is 0 Å². The molecule has 2 N–H and O–H groups in total. The van der Waals surface area contributed by atoms with Crippen LogP contribution < -0.4 is 68.9 Å². The van der Waals surface area contributed by atoms with Gasteiger partial charge in [0.1, 0.15) is 21.6 Å². The summed E-state index contributed by atoms with van der Waals surface area (Å²) in [7, 11) is -4.72. The molecule has 0 heterocycles. The minimum Gasteiger partial charge on any atom is -0.744 e. The van der Waals surface area contributed by atoms with Crippen LogP contribution in [0.25, 0.3) is 0 Å². The van der Waals surface area contributed by atoms with Gasteiger partial charge in [-0.3, -0.25) is 0 Å². The molecular formula is C6H5CsO5S. The molecule has 0 aromatic heterocycles. The van der Waals surface area contributed by atoms with Crippen LogP contribution in [0.15, 0.2) is 23.1 Å². The first-order valence-electron chi connectivity index (χ1n) is 2.89. The first-order chi connectivity index (χ1) is 5.41. The van der Waals surface area contributed by atoms with E-state index in [1.165, 1.54) is 0 Å². The second-order valence-corrected chi connectivity index (χ2v) is 3.45. The van der Waals surface area contributed by atoms with Gasteiger partial charge in [0.2, 0.25) is 0 Å². The fourth-order valence-corrected chi connectivity index (χ4v) is 1.29. The number of phenolic OH excluding ortho intramolecular Hbond substituents is 2. The Hall–Kier alpha value is 0.782. The van der Waals surface area contributed by atoms with E-state index in [0.29, 0.717) is 6.07 Å². The van der Waals surface area contributed by atoms with E-state index in [0.717, 1.165) is 12.1 Å². The van der Waals surface area contributed by atoms with Crippen molar-refractivity contribution >= 4 is 10.1 Å². The van der Waals surface area contributed by atoms with E-state index in [2.05, 4.69) is 0 Å². The summed E-state index contributed by atoms with van der Waals surface area (Å²) in [5.41, 5.74) is 0. The molecule has 0 amide bonds. The molecule has 0 aliphatic rings. The van der Waals surface area contributed by atoms with Gasteiger partial charge in [0.25, 0.3) is 0 Å². The Morgan fingerprint density at radius 2 is 1.77 bits per heavy atom. The van der Waals surface area contributed by atoms with Crippen molar-refractivity contribution in [2.24, 2.45) is 0 Å². The molecule has 0 aliphatic heterocycles. The Kier molecular flexibility index (Phi) is 5.33. The summed E-state index contributed by atoms with van der Waals surface area (Å²) in [5, 5.41) is 17.7. The number of phenols is 2. The normalized spacial score (nSPS) is 10.5. The minimum absolute atomic E-state index is 0. The van der Waals surface area contributed by atoms with Crippen LogP contribution in [0.1, 0.15) is 0 Å². The van der Waals surface area contributed by atoms with Gasteiger partial charge in [0, 0.05) is 6.07 Å². The van der Waals surface area contributed by atoms with Crippen LogP contribution in [0.2, 0.25) is 0 Å². The Bertz CT molecular complexity index is 399. The zero-order valence-electron chi connectivity index (χ0n) is 6.76. The number of benzene rings is 1. The quantitative estimate of drug-likeness (QED) is 0.424. The second-order valence-electron chi connectivity index (χ2n) is 2.11. The van der Waals surface area contributed by atoms with E-state index < -0.39 is 20.8 Å². The van der Waals surface area contributed by atoms with Crippen molar-refractivity contribution < 1.29 is 92.1 Å². The SMILES string of the molecule is O=S(=O)([O-])c1cc(O)ccc1O.[Cs+]. The fraction of sp³-hybridized carbons (Fsp3) is 0. The molecule has 0 radical (unpaired) electrons. The van der Waals surface area contributed by atoms with E-state index in [1.54, 1.807) is 0 Å². The molecule has 1 aromatic carbocycles. The molecule has 0 saturated carbocycles. The number of aromatic hydroxyl groups is 2. The number of rotatable bonds is 1. The van der Waals surface area contributed by atoms with Gasteiger partial charge >= 0.3 is 68.9 Å². The maximum atomic E-state index is 10.4. The van der Waals surface area contributed by atoms with Crippen LogP contribution in [0, 0.1) is 0 Å². The van der Waals surface area contributed by atoms with Crippen LogP contribution in [0.5, 0.6) is 11.5 Å². The van der Waals surface area contributed by atoms with Gasteiger partial charge in [-0.2, -0.15) is 0 Å². The molecule has 1 aromatic rings. The number of hydrogen-bond acceptors (Lipinski definition) is 5. The minimum atomic E-state index is -4.72.